The van der Waals surface area contributed by atoms with Gasteiger partial charge in [-0.1, -0.05) is 54.6 Å². The van der Waals surface area contributed by atoms with Gasteiger partial charge in [-0.2, -0.15) is 0 Å². The molecule has 0 atom stereocenters. The van der Waals surface area contributed by atoms with Crippen molar-refractivity contribution >= 4 is 5.91 Å². The van der Waals surface area contributed by atoms with Crippen molar-refractivity contribution in [1.82, 2.24) is 5.32 Å². The quantitative estimate of drug-likeness (QED) is 0.885. The molecule has 2 aromatic carbocycles. The largest absolute Gasteiger partial charge is 0.392 e. The number of hydrogen-bond acceptors (Lipinski definition) is 2. The number of nitrogens with one attached hydrogen (secondary N) is 1. The van der Waals surface area contributed by atoms with Gasteiger partial charge in [-0.25, -0.2) is 0 Å². The monoisotopic (exact) mass is 281 g/mol. The van der Waals surface area contributed by atoms with E-state index in [1.54, 1.807) is 0 Å². The third-order valence-corrected chi connectivity index (χ3v) is 4.17. The number of carbonyl (C=O) groups is 1. The van der Waals surface area contributed by atoms with Gasteiger partial charge >= 0.3 is 0 Å². The van der Waals surface area contributed by atoms with Crippen LogP contribution in [0.4, 0.5) is 0 Å². The molecule has 1 fully saturated rings. The Hall–Kier alpha value is -2.13. The second-order valence-electron chi connectivity index (χ2n) is 5.61. The predicted molar refractivity (Wildman–Crippen MR) is 81.6 cm³/mol. The van der Waals surface area contributed by atoms with E-state index in [0.717, 1.165) is 29.5 Å². The van der Waals surface area contributed by atoms with Crippen molar-refractivity contribution < 1.29 is 9.90 Å². The average Bonchev–Trinajstić information content (AvgIpc) is 3.36. The molecule has 0 heterocycles. The fourth-order valence-electron chi connectivity index (χ4n) is 2.64. The Morgan fingerprint density at radius 2 is 1.62 bits per heavy atom. The number of hydrogen-bond donors (Lipinski definition) is 2. The standard InChI is InChI=1S/C18H19NO2/c20-13-15-8-6-14(7-9-15)12-19-17(21)18(10-11-18)16-4-2-1-3-5-16/h1-9,20H,10-13H2,(H,19,21). The maximum absolute atomic E-state index is 12.5. The number of aliphatic hydroxyl groups is 1. The Bertz CT molecular complexity index is 615. The Morgan fingerprint density at radius 3 is 2.19 bits per heavy atom. The van der Waals surface area contributed by atoms with E-state index < -0.39 is 0 Å². The lowest BCUT2D eigenvalue weighted by Gasteiger charge is -2.15. The lowest BCUT2D eigenvalue weighted by Crippen LogP contribution is -2.34. The maximum atomic E-state index is 12.5. The minimum absolute atomic E-state index is 0.0454. The van der Waals surface area contributed by atoms with Crippen LogP contribution in [0.2, 0.25) is 0 Å². The summed E-state index contributed by atoms with van der Waals surface area (Å²) in [5.74, 6) is 0.111. The molecule has 1 aliphatic rings. The van der Waals surface area contributed by atoms with Gasteiger partial charge in [0, 0.05) is 6.54 Å². The molecule has 3 nitrogen and oxygen atoms in total. The zero-order valence-electron chi connectivity index (χ0n) is 11.9. The molecule has 2 N–H and O–H groups in total. The summed E-state index contributed by atoms with van der Waals surface area (Å²) >= 11 is 0. The van der Waals surface area contributed by atoms with Crippen molar-refractivity contribution in [2.45, 2.75) is 31.4 Å². The van der Waals surface area contributed by atoms with Crippen molar-refractivity contribution in [3.8, 4) is 0 Å². The molecule has 3 heteroatoms. The van der Waals surface area contributed by atoms with Crippen LogP contribution in [0.3, 0.4) is 0 Å². The van der Waals surface area contributed by atoms with E-state index in [-0.39, 0.29) is 17.9 Å². The van der Waals surface area contributed by atoms with Crippen LogP contribution in [-0.2, 0) is 23.4 Å². The first-order valence-corrected chi connectivity index (χ1v) is 7.27. The van der Waals surface area contributed by atoms with Gasteiger partial charge in [-0.15, -0.1) is 0 Å². The van der Waals surface area contributed by atoms with Crippen molar-refractivity contribution in [3.63, 3.8) is 0 Å². The molecule has 0 aliphatic heterocycles. The smallest absolute Gasteiger partial charge is 0.230 e. The van der Waals surface area contributed by atoms with Crippen LogP contribution in [0.25, 0.3) is 0 Å². The number of amides is 1. The van der Waals surface area contributed by atoms with Crippen LogP contribution < -0.4 is 5.32 Å². The van der Waals surface area contributed by atoms with E-state index in [4.69, 9.17) is 5.11 Å². The van der Waals surface area contributed by atoms with Gasteiger partial charge in [-0.3, -0.25) is 4.79 Å². The van der Waals surface area contributed by atoms with Crippen LogP contribution in [0.15, 0.2) is 54.6 Å². The number of benzene rings is 2. The topological polar surface area (TPSA) is 49.3 Å². The number of rotatable bonds is 5. The van der Waals surface area contributed by atoms with E-state index in [1.165, 1.54) is 0 Å². The summed E-state index contributed by atoms with van der Waals surface area (Å²) < 4.78 is 0. The average molecular weight is 281 g/mol. The van der Waals surface area contributed by atoms with E-state index >= 15 is 0 Å². The first-order chi connectivity index (χ1) is 10.2. The highest BCUT2D eigenvalue weighted by molar-refractivity contribution is 5.91. The zero-order chi connectivity index (χ0) is 14.7. The van der Waals surface area contributed by atoms with Crippen molar-refractivity contribution in [2.24, 2.45) is 0 Å². The van der Waals surface area contributed by atoms with Crippen LogP contribution >= 0.6 is 0 Å². The van der Waals surface area contributed by atoms with Crippen molar-refractivity contribution in [1.29, 1.82) is 0 Å². The molecule has 108 valence electrons. The Balaban J connectivity index is 1.64. The highest BCUT2D eigenvalue weighted by atomic mass is 16.3. The third kappa shape index (κ3) is 2.83. The van der Waals surface area contributed by atoms with E-state index in [0.29, 0.717) is 6.54 Å². The van der Waals surface area contributed by atoms with Gasteiger partial charge < -0.3 is 10.4 Å². The second kappa shape index (κ2) is 5.70. The highest BCUT2D eigenvalue weighted by Crippen LogP contribution is 2.48. The molecule has 2 aromatic rings. The molecular formula is C18H19NO2. The van der Waals surface area contributed by atoms with Crippen molar-refractivity contribution in [2.75, 3.05) is 0 Å². The lowest BCUT2D eigenvalue weighted by molar-refractivity contribution is -0.123. The Kier molecular flexibility index (Phi) is 3.76. The van der Waals surface area contributed by atoms with Gasteiger partial charge in [0.15, 0.2) is 0 Å². The number of aliphatic hydroxyl groups excluding tert-OH is 1. The highest BCUT2D eigenvalue weighted by Gasteiger charge is 2.50. The van der Waals surface area contributed by atoms with Crippen LogP contribution in [0.1, 0.15) is 29.5 Å². The van der Waals surface area contributed by atoms with Gasteiger partial charge in [0.25, 0.3) is 0 Å². The molecule has 21 heavy (non-hydrogen) atoms. The summed E-state index contributed by atoms with van der Waals surface area (Å²) in [7, 11) is 0. The zero-order valence-corrected chi connectivity index (χ0v) is 11.9. The first kappa shape index (κ1) is 13.8. The fraction of sp³-hybridized carbons (Fsp3) is 0.278. The third-order valence-electron chi connectivity index (χ3n) is 4.17. The van der Waals surface area contributed by atoms with Crippen molar-refractivity contribution in [3.05, 3.63) is 71.3 Å². The molecule has 0 bridgehead atoms. The molecule has 3 rings (SSSR count). The minimum atomic E-state index is -0.313. The van der Waals surface area contributed by atoms with Gasteiger partial charge in [-0.05, 0) is 29.5 Å². The first-order valence-electron chi connectivity index (χ1n) is 7.27. The predicted octanol–water partition coefficient (Wildman–Crippen LogP) is 2.53. The summed E-state index contributed by atoms with van der Waals surface area (Å²) in [5, 5.41) is 12.1. The molecule has 1 saturated carbocycles. The molecule has 0 unspecified atom stereocenters. The molecule has 0 radical (unpaired) electrons. The maximum Gasteiger partial charge on any atom is 0.230 e. The summed E-state index contributed by atoms with van der Waals surface area (Å²) in [6.45, 7) is 0.572. The molecule has 1 amide bonds. The van der Waals surface area contributed by atoms with Gasteiger partial charge in [0.2, 0.25) is 5.91 Å². The molecule has 0 spiro atoms. The number of carbonyl (C=O) groups excluding carboxylic acids is 1. The molecule has 1 aliphatic carbocycles. The SMILES string of the molecule is O=C(NCc1ccc(CO)cc1)C1(c2ccccc2)CC1. The lowest BCUT2D eigenvalue weighted by atomic mass is 9.95. The van der Waals surface area contributed by atoms with Gasteiger partial charge in [0.05, 0.1) is 12.0 Å². The summed E-state index contributed by atoms with van der Waals surface area (Å²) in [6.07, 6.45) is 1.85. The van der Waals surface area contributed by atoms with Crippen LogP contribution in [0, 0.1) is 0 Å². The molecular weight excluding hydrogens is 262 g/mol. The summed E-state index contributed by atoms with van der Waals surface area (Å²) in [4.78, 5) is 12.5. The van der Waals surface area contributed by atoms with Gasteiger partial charge in [0.1, 0.15) is 0 Å². The summed E-state index contributed by atoms with van der Waals surface area (Å²) in [5.41, 5.74) is 2.72. The summed E-state index contributed by atoms with van der Waals surface area (Å²) in [6, 6.07) is 17.6. The normalized spacial score (nSPS) is 15.5. The minimum Gasteiger partial charge on any atom is -0.392 e. The van der Waals surface area contributed by atoms with E-state index in [9.17, 15) is 4.79 Å². The second-order valence-corrected chi connectivity index (χ2v) is 5.61. The van der Waals surface area contributed by atoms with E-state index in [2.05, 4.69) is 5.32 Å². The van der Waals surface area contributed by atoms with E-state index in [1.807, 2.05) is 54.6 Å². The van der Waals surface area contributed by atoms with Crippen LogP contribution in [0.5, 0.6) is 0 Å². The van der Waals surface area contributed by atoms with Crippen LogP contribution in [-0.4, -0.2) is 11.0 Å². The Labute approximate surface area is 124 Å². The molecule has 0 aromatic heterocycles. The Morgan fingerprint density at radius 1 is 1.00 bits per heavy atom. The molecule has 0 saturated heterocycles. The fourth-order valence-corrected chi connectivity index (χ4v) is 2.64.